The smallest absolute Gasteiger partial charge is 0.123 e. The molecule has 0 saturated heterocycles. The van der Waals surface area contributed by atoms with Gasteiger partial charge in [0.05, 0.1) is 6.61 Å². The van der Waals surface area contributed by atoms with Gasteiger partial charge in [-0.3, -0.25) is 0 Å². The summed E-state index contributed by atoms with van der Waals surface area (Å²) in [6.07, 6.45) is 5.30. The third-order valence-electron chi connectivity index (χ3n) is 3.54. The average Bonchev–Trinajstić information content (AvgIpc) is 2.15. The van der Waals surface area contributed by atoms with Crippen LogP contribution in [0.15, 0.2) is 22.7 Å². The van der Waals surface area contributed by atoms with Crippen LogP contribution in [0.4, 0.5) is 0 Å². The molecule has 0 amide bonds. The van der Waals surface area contributed by atoms with E-state index in [1.165, 1.54) is 31.2 Å². The minimum absolute atomic E-state index is 0.501. The fraction of sp³-hybridized carbons (Fsp3) is 0.500. The minimum atomic E-state index is 0.501. The highest BCUT2D eigenvalue weighted by Gasteiger charge is 2.40. The monoisotopic (exact) mass is 252 g/mol. The van der Waals surface area contributed by atoms with Crippen molar-refractivity contribution in [1.29, 1.82) is 0 Å². The minimum Gasteiger partial charge on any atom is -0.493 e. The Hall–Kier alpha value is -0.500. The molecule has 74 valence electrons. The van der Waals surface area contributed by atoms with Crippen LogP contribution in [0.1, 0.15) is 24.8 Å². The van der Waals surface area contributed by atoms with Gasteiger partial charge in [-0.25, -0.2) is 0 Å². The van der Waals surface area contributed by atoms with E-state index < -0.39 is 0 Å². The van der Waals surface area contributed by atoms with E-state index in [0.29, 0.717) is 5.41 Å². The quantitative estimate of drug-likeness (QED) is 0.687. The predicted octanol–water partition coefficient (Wildman–Crippen LogP) is 3.55. The molecule has 1 aliphatic carbocycles. The summed E-state index contributed by atoms with van der Waals surface area (Å²) >= 11 is 3.47. The third-order valence-corrected chi connectivity index (χ3v) is 4.04. The highest BCUT2D eigenvalue weighted by Crippen LogP contribution is 2.48. The number of hydrogen-bond acceptors (Lipinski definition) is 1. The van der Waals surface area contributed by atoms with E-state index >= 15 is 0 Å². The molecule has 1 aromatic carbocycles. The maximum Gasteiger partial charge on any atom is 0.123 e. The van der Waals surface area contributed by atoms with Crippen LogP contribution in [0.5, 0.6) is 5.75 Å². The summed E-state index contributed by atoms with van der Waals surface area (Å²) in [4.78, 5) is 0. The van der Waals surface area contributed by atoms with E-state index in [2.05, 4.69) is 34.1 Å². The molecule has 1 spiro atoms. The van der Waals surface area contributed by atoms with Crippen molar-refractivity contribution in [3.8, 4) is 5.75 Å². The maximum absolute atomic E-state index is 5.83. The number of hydrogen-bond donors (Lipinski definition) is 0. The van der Waals surface area contributed by atoms with Crippen LogP contribution in [0.25, 0.3) is 0 Å². The molecule has 2 aliphatic rings. The summed E-state index contributed by atoms with van der Waals surface area (Å²) in [5.41, 5.74) is 1.89. The molecule has 0 bridgehead atoms. The van der Waals surface area contributed by atoms with Gasteiger partial charge in [0.2, 0.25) is 0 Å². The zero-order valence-electron chi connectivity index (χ0n) is 8.05. The Balaban J connectivity index is 1.94. The van der Waals surface area contributed by atoms with Crippen LogP contribution in [-0.2, 0) is 6.42 Å². The molecule has 0 unspecified atom stereocenters. The Morgan fingerprint density at radius 2 is 2.14 bits per heavy atom. The van der Waals surface area contributed by atoms with Gasteiger partial charge in [-0.05, 0) is 37.0 Å². The molecule has 0 radical (unpaired) electrons. The summed E-state index contributed by atoms with van der Waals surface area (Å²) in [7, 11) is 0. The highest BCUT2D eigenvalue weighted by atomic mass is 79.9. The van der Waals surface area contributed by atoms with Gasteiger partial charge in [0.1, 0.15) is 5.75 Å². The summed E-state index contributed by atoms with van der Waals surface area (Å²) in [6.45, 7) is 0.927. The van der Waals surface area contributed by atoms with Gasteiger partial charge in [0.15, 0.2) is 0 Å². The Bertz CT molecular complexity index is 369. The zero-order valence-corrected chi connectivity index (χ0v) is 9.64. The van der Waals surface area contributed by atoms with Crippen LogP contribution in [0, 0.1) is 5.41 Å². The molecular weight excluding hydrogens is 240 g/mol. The van der Waals surface area contributed by atoms with Crippen molar-refractivity contribution >= 4 is 15.9 Å². The second kappa shape index (κ2) is 2.99. The summed E-state index contributed by atoms with van der Waals surface area (Å²) < 4.78 is 6.94. The van der Waals surface area contributed by atoms with Gasteiger partial charge in [-0.1, -0.05) is 28.4 Å². The first-order chi connectivity index (χ1) is 6.77. The van der Waals surface area contributed by atoms with Crippen LogP contribution in [-0.4, -0.2) is 6.61 Å². The molecule has 1 heterocycles. The van der Waals surface area contributed by atoms with Crippen LogP contribution in [0.3, 0.4) is 0 Å². The largest absolute Gasteiger partial charge is 0.493 e. The van der Waals surface area contributed by atoms with E-state index in [9.17, 15) is 0 Å². The molecule has 1 aliphatic heterocycles. The fourth-order valence-electron chi connectivity index (χ4n) is 2.49. The van der Waals surface area contributed by atoms with Crippen LogP contribution >= 0.6 is 15.9 Å². The molecular formula is C12H13BrO. The van der Waals surface area contributed by atoms with E-state index in [1.807, 2.05) is 0 Å². The van der Waals surface area contributed by atoms with E-state index in [-0.39, 0.29) is 0 Å². The maximum atomic E-state index is 5.83. The lowest BCUT2D eigenvalue weighted by Crippen LogP contribution is -2.40. The van der Waals surface area contributed by atoms with E-state index in [1.54, 1.807) is 0 Å². The van der Waals surface area contributed by atoms with Gasteiger partial charge >= 0.3 is 0 Å². The summed E-state index contributed by atoms with van der Waals surface area (Å²) in [6, 6.07) is 6.39. The number of rotatable bonds is 0. The summed E-state index contributed by atoms with van der Waals surface area (Å²) in [5, 5.41) is 0. The SMILES string of the molecule is Brc1ccc2c(c1)OCC1(CCC1)C2. The molecule has 0 aromatic heterocycles. The van der Waals surface area contributed by atoms with E-state index in [4.69, 9.17) is 4.74 Å². The molecule has 1 aromatic rings. The van der Waals surface area contributed by atoms with Crippen molar-refractivity contribution < 1.29 is 4.74 Å². The van der Waals surface area contributed by atoms with Gasteiger partial charge in [-0.15, -0.1) is 0 Å². The van der Waals surface area contributed by atoms with E-state index in [0.717, 1.165) is 16.8 Å². The second-order valence-corrected chi connectivity index (χ2v) is 5.49. The lowest BCUT2D eigenvalue weighted by molar-refractivity contribution is 0.0410. The number of benzene rings is 1. The zero-order chi connectivity index (χ0) is 9.60. The second-order valence-electron chi connectivity index (χ2n) is 4.57. The van der Waals surface area contributed by atoms with Crippen molar-refractivity contribution in [3.63, 3.8) is 0 Å². The normalized spacial score (nSPS) is 22.4. The standard InChI is InChI=1S/C12H13BrO/c13-10-3-2-9-7-12(4-1-5-12)8-14-11(9)6-10/h2-3,6H,1,4-5,7-8H2. The van der Waals surface area contributed by atoms with Gasteiger partial charge < -0.3 is 4.74 Å². The first-order valence-electron chi connectivity index (χ1n) is 5.19. The molecule has 0 atom stereocenters. The average molecular weight is 253 g/mol. The number of ether oxygens (including phenoxy) is 1. The molecule has 2 heteroatoms. The summed E-state index contributed by atoms with van der Waals surface area (Å²) in [5.74, 6) is 1.08. The van der Waals surface area contributed by atoms with Gasteiger partial charge in [-0.2, -0.15) is 0 Å². The molecule has 1 saturated carbocycles. The number of halogens is 1. The van der Waals surface area contributed by atoms with Crippen molar-refractivity contribution in [2.45, 2.75) is 25.7 Å². The predicted molar refractivity (Wildman–Crippen MR) is 59.6 cm³/mol. The van der Waals surface area contributed by atoms with Crippen molar-refractivity contribution in [1.82, 2.24) is 0 Å². The van der Waals surface area contributed by atoms with Crippen molar-refractivity contribution in [2.75, 3.05) is 6.61 Å². The first kappa shape index (κ1) is 8.78. The van der Waals surface area contributed by atoms with Crippen molar-refractivity contribution in [3.05, 3.63) is 28.2 Å². The molecule has 1 fully saturated rings. The molecule has 1 nitrogen and oxygen atoms in total. The molecule has 0 N–H and O–H groups in total. The van der Waals surface area contributed by atoms with Crippen LogP contribution in [0.2, 0.25) is 0 Å². The topological polar surface area (TPSA) is 9.23 Å². The molecule has 14 heavy (non-hydrogen) atoms. The fourth-order valence-corrected chi connectivity index (χ4v) is 2.83. The Morgan fingerprint density at radius 3 is 2.86 bits per heavy atom. The Labute approximate surface area is 92.6 Å². The first-order valence-corrected chi connectivity index (χ1v) is 5.98. The van der Waals surface area contributed by atoms with Crippen molar-refractivity contribution in [2.24, 2.45) is 5.41 Å². The third kappa shape index (κ3) is 1.28. The Morgan fingerprint density at radius 1 is 1.29 bits per heavy atom. The Kier molecular flexibility index (Phi) is 1.88. The van der Waals surface area contributed by atoms with Crippen LogP contribution < -0.4 is 4.74 Å². The molecule has 3 rings (SSSR count). The van der Waals surface area contributed by atoms with Gasteiger partial charge in [0, 0.05) is 9.89 Å². The lowest BCUT2D eigenvalue weighted by atomic mass is 9.65. The lowest BCUT2D eigenvalue weighted by Gasteiger charge is -2.44. The van der Waals surface area contributed by atoms with Gasteiger partial charge in [0.25, 0.3) is 0 Å². The highest BCUT2D eigenvalue weighted by molar-refractivity contribution is 9.10. The number of fused-ring (bicyclic) bond motifs is 1.